The predicted octanol–water partition coefficient (Wildman–Crippen LogP) is 4.26. The number of Topliss-reactive ketones (excluding diaryl/α,β-unsaturated/α-hetero) is 1. The van der Waals surface area contributed by atoms with Crippen molar-refractivity contribution in [2.24, 2.45) is 5.92 Å². The minimum absolute atomic E-state index is 0.0380. The molecule has 0 radical (unpaired) electrons. The van der Waals surface area contributed by atoms with Gasteiger partial charge in [0.25, 0.3) is 0 Å². The highest BCUT2D eigenvalue weighted by molar-refractivity contribution is 6.11. The molecule has 0 fully saturated rings. The van der Waals surface area contributed by atoms with Gasteiger partial charge in [-0.3, -0.25) is 14.4 Å². The Hall–Kier alpha value is -3.33. The van der Waals surface area contributed by atoms with Crippen LogP contribution in [-0.4, -0.2) is 22.1 Å². The zero-order valence-corrected chi connectivity index (χ0v) is 15.1. The van der Waals surface area contributed by atoms with Crippen molar-refractivity contribution in [3.8, 4) is 0 Å². The molecule has 1 atom stereocenters. The summed E-state index contributed by atoms with van der Waals surface area (Å²) in [5.74, 6) is -0.666. The molecular weight excluding hydrogens is 336 g/mol. The SMILES string of the molecule is CC(=O)C(Cc1ccc(C(=O)c2ccccc2)cc1)C(=[OH+])c1ccccc1. The van der Waals surface area contributed by atoms with Crippen LogP contribution in [0.3, 0.4) is 0 Å². The molecule has 27 heavy (non-hydrogen) atoms. The van der Waals surface area contributed by atoms with E-state index in [0.717, 1.165) is 5.56 Å². The molecule has 3 rings (SSSR count). The van der Waals surface area contributed by atoms with E-state index in [0.29, 0.717) is 23.1 Å². The molecular formula is C24H21O3+. The van der Waals surface area contributed by atoms with Gasteiger partial charge in [-0.15, -0.1) is 0 Å². The first-order valence-corrected chi connectivity index (χ1v) is 8.86. The molecule has 3 heteroatoms. The number of carbonyl (C=O) groups is 2. The zero-order valence-electron chi connectivity index (χ0n) is 15.1. The molecule has 3 nitrogen and oxygen atoms in total. The first kappa shape index (κ1) is 18.5. The van der Waals surface area contributed by atoms with Crippen molar-refractivity contribution < 1.29 is 14.4 Å². The van der Waals surface area contributed by atoms with Gasteiger partial charge in [0.2, 0.25) is 0 Å². The van der Waals surface area contributed by atoms with Gasteiger partial charge < -0.3 is 0 Å². The van der Waals surface area contributed by atoms with Crippen LogP contribution in [0.1, 0.15) is 34.0 Å². The lowest BCUT2D eigenvalue weighted by Crippen LogP contribution is -2.25. The monoisotopic (exact) mass is 357 g/mol. The summed E-state index contributed by atoms with van der Waals surface area (Å²) in [6.45, 7) is 1.48. The number of benzene rings is 3. The van der Waals surface area contributed by atoms with Crippen LogP contribution in [0, 0.1) is 5.92 Å². The van der Waals surface area contributed by atoms with Crippen LogP contribution in [0.25, 0.3) is 0 Å². The fourth-order valence-electron chi connectivity index (χ4n) is 3.03. The fourth-order valence-corrected chi connectivity index (χ4v) is 3.03. The summed E-state index contributed by atoms with van der Waals surface area (Å²) in [6.07, 6.45) is 0.385. The molecule has 0 bridgehead atoms. The Morgan fingerprint density at radius 3 is 1.74 bits per heavy atom. The third-order valence-corrected chi connectivity index (χ3v) is 4.58. The Kier molecular flexibility index (Phi) is 5.72. The molecule has 0 spiro atoms. The summed E-state index contributed by atoms with van der Waals surface area (Å²) in [7, 11) is 0. The minimum Gasteiger partial charge on any atom is -0.299 e. The summed E-state index contributed by atoms with van der Waals surface area (Å²) >= 11 is 0. The smallest absolute Gasteiger partial charge is 0.299 e. The largest absolute Gasteiger partial charge is 0.334 e. The number of hydrogen-bond acceptors (Lipinski definition) is 2. The molecule has 0 saturated carbocycles. The van der Waals surface area contributed by atoms with Gasteiger partial charge in [-0.25, -0.2) is 0 Å². The van der Waals surface area contributed by atoms with Crippen LogP contribution >= 0.6 is 0 Å². The van der Waals surface area contributed by atoms with E-state index < -0.39 is 5.92 Å². The Bertz CT molecular complexity index is 942. The van der Waals surface area contributed by atoms with E-state index in [1.165, 1.54) is 6.92 Å². The zero-order chi connectivity index (χ0) is 19.2. The van der Waals surface area contributed by atoms with Gasteiger partial charge in [0.05, 0.1) is 5.56 Å². The minimum atomic E-state index is -0.608. The van der Waals surface area contributed by atoms with Crippen molar-refractivity contribution in [3.05, 3.63) is 107 Å². The maximum Gasteiger partial charge on any atom is 0.334 e. The van der Waals surface area contributed by atoms with E-state index in [1.54, 1.807) is 36.4 Å². The number of ketones is 3. The second-order valence-electron chi connectivity index (χ2n) is 6.51. The third kappa shape index (κ3) is 4.45. The van der Waals surface area contributed by atoms with Crippen LogP contribution in [-0.2, 0) is 11.2 Å². The van der Waals surface area contributed by atoms with Gasteiger partial charge in [0.1, 0.15) is 11.7 Å². The van der Waals surface area contributed by atoms with E-state index >= 15 is 0 Å². The molecule has 1 unspecified atom stereocenters. The van der Waals surface area contributed by atoms with Crippen molar-refractivity contribution in [1.29, 1.82) is 0 Å². The van der Waals surface area contributed by atoms with Crippen molar-refractivity contribution in [2.45, 2.75) is 13.3 Å². The quantitative estimate of drug-likeness (QED) is 0.360. The summed E-state index contributed by atoms with van der Waals surface area (Å²) < 4.78 is 0. The molecule has 0 saturated heterocycles. The maximum atomic E-state index is 12.5. The lowest BCUT2D eigenvalue weighted by atomic mass is 9.88. The molecule has 0 aliphatic carbocycles. The van der Waals surface area contributed by atoms with E-state index in [1.807, 2.05) is 48.5 Å². The molecule has 0 amide bonds. The normalized spacial score (nSPS) is 11.6. The number of carbonyl (C=O) groups excluding carboxylic acids is 3. The highest BCUT2D eigenvalue weighted by Gasteiger charge is 2.30. The second kappa shape index (κ2) is 8.37. The highest BCUT2D eigenvalue weighted by Crippen LogP contribution is 2.17. The van der Waals surface area contributed by atoms with Crippen LogP contribution in [0.15, 0.2) is 84.9 Å². The van der Waals surface area contributed by atoms with Gasteiger partial charge >= 0.3 is 5.78 Å². The van der Waals surface area contributed by atoms with Crippen LogP contribution in [0.5, 0.6) is 0 Å². The second-order valence-corrected chi connectivity index (χ2v) is 6.51. The van der Waals surface area contributed by atoms with Gasteiger partial charge in [-0.2, -0.15) is 0 Å². The van der Waals surface area contributed by atoms with Gasteiger partial charge in [-0.1, -0.05) is 72.8 Å². The predicted molar refractivity (Wildman–Crippen MR) is 107 cm³/mol. The van der Waals surface area contributed by atoms with Crippen LogP contribution in [0.4, 0.5) is 0 Å². The maximum absolute atomic E-state index is 12.5. The highest BCUT2D eigenvalue weighted by atomic mass is 16.2. The van der Waals surface area contributed by atoms with E-state index in [4.69, 9.17) is 0 Å². The third-order valence-electron chi connectivity index (χ3n) is 4.58. The van der Waals surface area contributed by atoms with Gasteiger partial charge in [-0.05, 0) is 31.0 Å². The average molecular weight is 357 g/mol. The molecule has 0 aliphatic heterocycles. The van der Waals surface area contributed by atoms with Crippen molar-refractivity contribution in [3.63, 3.8) is 0 Å². The number of rotatable bonds is 7. The first-order valence-electron chi connectivity index (χ1n) is 8.86. The summed E-state index contributed by atoms with van der Waals surface area (Å²) in [5.41, 5.74) is 2.78. The summed E-state index contributed by atoms with van der Waals surface area (Å²) in [4.78, 5) is 35.1. The molecule has 0 aliphatic rings. The Balaban J connectivity index is 1.77. The molecule has 134 valence electrons. The Morgan fingerprint density at radius 1 is 0.741 bits per heavy atom. The Morgan fingerprint density at radius 2 is 1.22 bits per heavy atom. The summed E-state index contributed by atoms with van der Waals surface area (Å²) in [6, 6.07) is 25.4. The van der Waals surface area contributed by atoms with Gasteiger partial charge in [0.15, 0.2) is 5.78 Å². The van der Waals surface area contributed by atoms with Crippen molar-refractivity contribution in [1.82, 2.24) is 0 Å². The molecule has 0 aromatic heterocycles. The summed E-state index contributed by atoms with van der Waals surface area (Å²) in [5, 5.41) is 0. The molecule has 3 aromatic carbocycles. The fraction of sp³-hybridized carbons (Fsp3) is 0.125. The van der Waals surface area contributed by atoms with Crippen molar-refractivity contribution in [2.75, 3.05) is 0 Å². The van der Waals surface area contributed by atoms with E-state index in [-0.39, 0.29) is 17.3 Å². The topological polar surface area (TPSA) is 55.5 Å². The molecule has 1 N–H and O–H groups in total. The lowest BCUT2D eigenvalue weighted by Gasteiger charge is -2.10. The Labute approximate surface area is 158 Å². The van der Waals surface area contributed by atoms with E-state index in [9.17, 15) is 14.4 Å². The first-order chi connectivity index (χ1) is 13.1. The standard InChI is InChI=1S/C24H20O3/c1-17(25)22(24(27)20-10-6-3-7-11-20)16-18-12-14-21(15-13-18)23(26)19-8-4-2-5-9-19/h2-15,22H,16H2,1H3/p+1. The number of hydrogen-bond donors (Lipinski definition) is 0. The van der Waals surface area contributed by atoms with Gasteiger partial charge in [0, 0.05) is 11.1 Å². The average Bonchev–Trinajstić information content (AvgIpc) is 2.72. The van der Waals surface area contributed by atoms with E-state index in [2.05, 4.69) is 0 Å². The lowest BCUT2D eigenvalue weighted by molar-refractivity contribution is -0.118. The molecule has 0 heterocycles. The molecule has 3 aromatic rings. The van der Waals surface area contributed by atoms with Crippen molar-refractivity contribution >= 4 is 17.3 Å². The van der Waals surface area contributed by atoms with Crippen LogP contribution < -0.4 is 0 Å². The van der Waals surface area contributed by atoms with Crippen LogP contribution in [0.2, 0.25) is 0 Å².